The van der Waals surface area contributed by atoms with E-state index >= 15 is 0 Å². The zero-order valence-electron chi connectivity index (χ0n) is 16.2. The van der Waals surface area contributed by atoms with Crippen LogP contribution >= 0.6 is 0 Å². The quantitative estimate of drug-likeness (QED) is 0.555. The van der Waals surface area contributed by atoms with Crippen LogP contribution in [0.1, 0.15) is 21.8 Å². The van der Waals surface area contributed by atoms with Gasteiger partial charge in [0.1, 0.15) is 11.5 Å². The third kappa shape index (κ3) is 4.43. The van der Waals surface area contributed by atoms with Gasteiger partial charge in [0.05, 0.1) is 19.2 Å². The number of esters is 1. The van der Waals surface area contributed by atoms with Gasteiger partial charge in [-0.1, -0.05) is 23.4 Å². The number of rotatable bonds is 6. The van der Waals surface area contributed by atoms with Crippen LogP contribution in [0, 0.1) is 6.92 Å². The summed E-state index contributed by atoms with van der Waals surface area (Å²) in [4.78, 5) is 26.3. The Morgan fingerprint density at radius 1 is 1.30 bits per heavy atom. The van der Waals surface area contributed by atoms with E-state index in [0.29, 0.717) is 0 Å². The van der Waals surface area contributed by atoms with Crippen LogP contribution in [0.25, 0.3) is 10.9 Å². The molecule has 0 saturated heterocycles. The van der Waals surface area contributed by atoms with Gasteiger partial charge in [-0.15, -0.1) is 13.2 Å². The van der Waals surface area contributed by atoms with Crippen molar-refractivity contribution in [3.8, 4) is 5.75 Å². The van der Waals surface area contributed by atoms with Crippen molar-refractivity contribution in [2.75, 3.05) is 14.2 Å². The molecule has 3 aromatic rings. The monoisotopic (exact) mass is 426 g/mol. The van der Waals surface area contributed by atoms with Crippen molar-refractivity contribution in [2.45, 2.75) is 26.5 Å². The molecule has 0 saturated carbocycles. The van der Waals surface area contributed by atoms with Gasteiger partial charge in [0.15, 0.2) is 11.2 Å². The molecular formula is C18H17F3N4O5. The van der Waals surface area contributed by atoms with Crippen LogP contribution in [-0.4, -0.2) is 46.3 Å². The van der Waals surface area contributed by atoms with E-state index in [1.807, 2.05) is 0 Å². The first kappa shape index (κ1) is 21.3. The summed E-state index contributed by atoms with van der Waals surface area (Å²) in [5, 5.41) is 7.87. The van der Waals surface area contributed by atoms with E-state index in [2.05, 4.69) is 15.0 Å². The molecule has 0 amide bonds. The standard InChI is InChI=1S/C18H17F3N4O5/c1-10-13-14(23-30-10)16(26)25(22-15(13)17(27)28-3)9-24(2)8-11-6-4-5-7-12(11)29-18(19,20)21/h4-7H,8-9H2,1-3H3. The third-order valence-electron chi connectivity index (χ3n) is 4.15. The van der Waals surface area contributed by atoms with Crippen LogP contribution in [0.3, 0.4) is 0 Å². The summed E-state index contributed by atoms with van der Waals surface area (Å²) in [6.45, 7) is 1.38. The van der Waals surface area contributed by atoms with Crippen molar-refractivity contribution in [1.82, 2.24) is 19.8 Å². The third-order valence-corrected chi connectivity index (χ3v) is 4.15. The van der Waals surface area contributed by atoms with Crippen molar-refractivity contribution in [3.63, 3.8) is 0 Å². The van der Waals surface area contributed by atoms with Gasteiger partial charge in [-0.05, 0) is 20.0 Å². The van der Waals surface area contributed by atoms with Crippen molar-refractivity contribution in [1.29, 1.82) is 0 Å². The van der Waals surface area contributed by atoms with E-state index in [4.69, 9.17) is 9.26 Å². The number of methoxy groups -OCH3 is 1. The van der Waals surface area contributed by atoms with Crippen molar-refractivity contribution >= 4 is 16.9 Å². The maximum absolute atomic E-state index is 12.7. The molecule has 0 bridgehead atoms. The second-order valence-electron chi connectivity index (χ2n) is 6.42. The molecular weight excluding hydrogens is 409 g/mol. The number of ether oxygens (including phenoxy) is 2. The largest absolute Gasteiger partial charge is 0.573 e. The van der Waals surface area contributed by atoms with Crippen LogP contribution in [0.15, 0.2) is 33.6 Å². The van der Waals surface area contributed by atoms with Gasteiger partial charge >= 0.3 is 12.3 Å². The molecule has 0 unspecified atom stereocenters. The van der Waals surface area contributed by atoms with Gasteiger partial charge in [0.2, 0.25) is 0 Å². The summed E-state index contributed by atoms with van der Waals surface area (Å²) < 4.78 is 52.5. The summed E-state index contributed by atoms with van der Waals surface area (Å²) in [7, 11) is 2.73. The molecule has 0 aliphatic rings. The highest BCUT2D eigenvalue weighted by atomic mass is 19.4. The first-order chi connectivity index (χ1) is 14.1. The lowest BCUT2D eigenvalue weighted by Gasteiger charge is -2.20. The van der Waals surface area contributed by atoms with Crippen LogP contribution in [0.4, 0.5) is 13.2 Å². The smallest absolute Gasteiger partial charge is 0.464 e. The number of para-hydroxylation sites is 1. The first-order valence-electron chi connectivity index (χ1n) is 8.58. The second kappa shape index (κ2) is 8.14. The lowest BCUT2D eigenvalue weighted by atomic mass is 10.2. The van der Waals surface area contributed by atoms with Gasteiger partial charge in [-0.2, -0.15) is 5.10 Å². The summed E-state index contributed by atoms with van der Waals surface area (Å²) in [6.07, 6.45) is -4.83. The number of aromatic nitrogens is 3. The lowest BCUT2D eigenvalue weighted by molar-refractivity contribution is -0.275. The molecule has 0 spiro atoms. The fourth-order valence-corrected chi connectivity index (χ4v) is 2.90. The SMILES string of the molecule is COC(=O)c1nn(CN(C)Cc2ccccc2OC(F)(F)F)c(=O)c2noc(C)c12. The fourth-order valence-electron chi connectivity index (χ4n) is 2.90. The number of hydrogen-bond acceptors (Lipinski definition) is 8. The van der Waals surface area contributed by atoms with Gasteiger partial charge in [0, 0.05) is 12.1 Å². The molecule has 0 aliphatic carbocycles. The molecule has 3 rings (SSSR count). The number of aryl methyl sites for hydroxylation is 1. The molecule has 1 aromatic carbocycles. The Bertz CT molecular complexity index is 1140. The molecule has 30 heavy (non-hydrogen) atoms. The second-order valence-corrected chi connectivity index (χ2v) is 6.42. The topological polar surface area (TPSA) is 99.7 Å². The Morgan fingerprint density at radius 2 is 2.00 bits per heavy atom. The number of carbonyl (C=O) groups is 1. The number of alkyl halides is 3. The number of fused-ring (bicyclic) bond motifs is 1. The molecule has 0 N–H and O–H groups in total. The van der Waals surface area contributed by atoms with E-state index in [1.165, 1.54) is 30.0 Å². The minimum atomic E-state index is -4.83. The van der Waals surface area contributed by atoms with Crippen molar-refractivity contribution in [3.05, 3.63) is 51.6 Å². The number of benzene rings is 1. The average molecular weight is 426 g/mol. The van der Waals surface area contributed by atoms with Crippen LogP contribution in [0.5, 0.6) is 5.75 Å². The zero-order chi connectivity index (χ0) is 22.1. The predicted molar refractivity (Wildman–Crippen MR) is 96.7 cm³/mol. The van der Waals surface area contributed by atoms with Crippen LogP contribution < -0.4 is 10.3 Å². The number of hydrogen-bond donors (Lipinski definition) is 0. The number of halogens is 3. The molecule has 0 fully saturated rings. The molecule has 12 heteroatoms. The maximum Gasteiger partial charge on any atom is 0.573 e. The van der Waals surface area contributed by atoms with Gasteiger partial charge < -0.3 is 14.0 Å². The molecule has 2 aromatic heterocycles. The van der Waals surface area contributed by atoms with Crippen LogP contribution in [-0.2, 0) is 18.0 Å². The average Bonchev–Trinajstić information content (AvgIpc) is 3.06. The number of nitrogens with zero attached hydrogens (tertiary/aromatic N) is 4. The molecule has 9 nitrogen and oxygen atoms in total. The van der Waals surface area contributed by atoms with Gasteiger partial charge in [-0.25, -0.2) is 9.48 Å². The summed E-state index contributed by atoms with van der Waals surface area (Å²) >= 11 is 0. The highest BCUT2D eigenvalue weighted by Gasteiger charge is 2.32. The maximum atomic E-state index is 12.7. The predicted octanol–water partition coefficient (Wildman–Crippen LogP) is 2.47. The molecule has 2 heterocycles. The van der Waals surface area contributed by atoms with Crippen molar-refractivity contribution in [2.24, 2.45) is 0 Å². The molecule has 0 atom stereocenters. The van der Waals surface area contributed by atoms with Crippen molar-refractivity contribution < 1.29 is 32.0 Å². The van der Waals surface area contributed by atoms with E-state index in [0.717, 1.165) is 11.8 Å². The van der Waals surface area contributed by atoms with E-state index in [9.17, 15) is 22.8 Å². The summed E-state index contributed by atoms with van der Waals surface area (Å²) in [6, 6.07) is 5.65. The number of carbonyl (C=O) groups excluding carboxylic acids is 1. The van der Waals surface area contributed by atoms with Gasteiger partial charge in [-0.3, -0.25) is 9.69 Å². The summed E-state index contributed by atoms with van der Waals surface area (Å²) in [5.41, 5.74) is -0.629. The molecule has 0 aliphatic heterocycles. The first-order valence-corrected chi connectivity index (χ1v) is 8.58. The minimum Gasteiger partial charge on any atom is -0.464 e. The Kier molecular flexibility index (Phi) is 5.78. The Morgan fingerprint density at radius 3 is 2.67 bits per heavy atom. The highest BCUT2D eigenvalue weighted by molar-refractivity contribution is 6.01. The normalized spacial score (nSPS) is 11.8. The zero-order valence-corrected chi connectivity index (χ0v) is 16.2. The Balaban J connectivity index is 1.91. The lowest BCUT2D eigenvalue weighted by Crippen LogP contribution is -2.33. The van der Waals surface area contributed by atoms with E-state index in [1.54, 1.807) is 13.1 Å². The minimum absolute atomic E-state index is 0.00378. The molecule has 0 radical (unpaired) electrons. The Labute approximate surface area is 167 Å². The van der Waals surface area contributed by atoms with E-state index < -0.39 is 17.9 Å². The fraction of sp³-hybridized carbons (Fsp3) is 0.333. The highest BCUT2D eigenvalue weighted by Crippen LogP contribution is 2.27. The molecule has 160 valence electrons. The van der Waals surface area contributed by atoms with Gasteiger partial charge in [0.25, 0.3) is 5.56 Å². The van der Waals surface area contributed by atoms with E-state index in [-0.39, 0.29) is 46.9 Å². The Hall–Kier alpha value is -3.41. The summed E-state index contributed by atoms with van der Waals surface area (Å²) in [5.74, 6) is -0.907. The van der Waals surface area contributed by atoms with Crippen LogP contribution in [0.2, 0.25) is 0 Å².